The lowest BCUT2D eigenvalue weighted by Gasteiger charge is -2.41. The zero-order valence-electron chi connectivity index (χ0n) is 24.4. The molecular weight excluding hydrogens is 554 g/mol. The topological polar surface area (TPSA) is 138 Å². The highest BCUT2D eigenvalue weighted by Gasteiger charge is 2.34. The molecular formula is C30H43N7O4S. The van der Waals surface area contributed by atoms with Crippen molar-refractivity contribution in [1.29, 1.82) is 0 Å². The van der Waals surface area contributed by atoms with E-state index in [1.165, 1.54) is 0 Å². The van der Waals surface area contributed by atoms with Crippen LogP contribution in [0.3, 0.4) is 0 Å². The zero-order valence-corrected chi connectivity index (χ0v) is 25.2. The third-order valence-electron chi connectivity index (χ3n) is 7.94. The summed E-state index contributed by atoms with van der Waals surface area (Å²) in [6, 6.07) is 12.9. The minimum absolute atomic E-state index is 0.284. The van der Waals surface area contributed by atoms with Crippen LogP contribution < -0.4 is 25.2 Å². The van der Waals surface area contributed by atoms with Crippen molar-refractivity contribution < 1.29 is 19.0 Å². The van der Waals surface area contributed by atoms with Gasteiger partial charge in [-0.25, -0.2) is 0 Å². The molecule has 0 radical (unpaired) electrons. The van der Waals surface area contributed by atoms with Crippen molar-refractivity contribution in [3.63, 3.8) is 0 Å². The maximum atomic E-state index is 13.9. The largest absolute Gasteiger partial charge is 0.390 e. The average Bonchev–Trinajstić information content (AvgIpc) is 3.61. The Morgan fingerprint density at radius 3 is 2.57 bits per heavy atom. The Balaban J connectivity index is 1.38. The van der Waals surface area contributed by atoms with Gasteiger partial charge >= 0.3 is 0 Å². The van der Waals surface area contributed by atoms with Gasteiger partial charge in [-0.1, -0.05) is 30.3 Å². The van der Waals surface area contributed by atoms with Gasteiger partial charge in [0.25, 0.3) is 5.91 Å². The van der Waals surface area contributed by atoms with Crippen molar-refractivity contribution in [3.8, 4) is 0 Å². The van der Waals surface area contributed by atoms with E-state index in [1.807, 2.05) is 60.4 Å². The fourth-order valence-electron chi connectivity index (χ4n) is 5.65. The molecule has 2 aliphatic rings. The van der Waals surface area contributed by atoms with Crippen molar-refractivity contribution >= 4 is 33.7 Å². The fraction of sp³-hybridized carbons (Fsp3) is 0.467. The van der Waals surface area contributed by atoms with Crippen molar-refractivity contribution in [2.24, 2.45) is 0 Å². The number of carbonyl (C=O) groups is 1. The Hall–Kier alpha value is -3.29. The number of likely N-dealkylation sites (N-methyl/N-ethyl adjacent to an activating group) is 1. The number of nitrogens with zero attached hydrogens (tertiary/aromatic N) is 4. The molecule has 1 aromatic heterocycles. The van der Waals surface area contributed by atoms with Gasteiger partial charge in [0.1, 0.15) is 0 Å². The first kappa shape index (κ1) is 30.2. The molecule has 1 fully saturated rings. The number of carbonyl (C=O) groups excluding carboxylic acids is 1. The van der Waals surface area contributed by atoms with E-state index in [4.69, 9.17) is 0 Å². The predicted octanol–water partition coefficient (Wildman–Crippen LogP) is 3.52. The smallest absolute Gasteiger partial charge is 0.251 e. The summed E-state index contributed by atoms with van der Waals surface area (Å²) in [6.45, 7) is 8.50. The molecule has 2 atom stereocenters. The maximum absolute atomic E-state index is 13.9. The molecule has 1 saturated heterocycles. The Bertz CT molecular complexity index is 1350. The first-order valence-electron chi connectivity index (χ1n) is 14.7. The van der Waals surface area contributed by atoms with Crippen LogP contribution in [0.2, 0.25) is 0 Å². The lowest BCUT2D eigenvalue weighted by atomic mass is 10.00. The summed E-state index contributed by atoms with van der Waals surface area (Å²) in [5, 5.41) is 25.4. The number of fused-ring (bicyclic) bond motifs is 1. The summed E-state index contributed by atoms with van der Waals surface area (Å²) in [6.07, 6.45) is 4.05. The molecule has 5 rings (SSSR count). The molecule has 0 spiro atoms. The van der Waals surface area contributed by atoms with Crippen LogP contribution in [0.4, 0.5) is 17.1 Å². The normalized spacial score (nSPS) is 18.2. The highest BCUT2D eigenvalue weighted by atomic mass is 32.3. The number of rotatable bonds is 12. The molecule has 0 aliphatic carbocycles. The maximum Gasteiger partial charge on any atom is 0.251 e. The van der Waals surface area contributed by atoms with Crippen LogP contribution in [0.1, 0.15) is 41.8 Å². The predicted molar refractivity (Wildman–Crippen MR) is 170 cm³/mol. The number of amides is 1. The van der Waals surface area contributed by atoms with E-state index < -0.39 is 22.9 Å². The number of anilines is 3. The summed E-state index contributed by atoms with van der Waals surface area (Å²) < 4.78 is 25.1. The number of hydrogen-bond donors (Lipinski definition) is 6. The number of hydrogen-bond acceptors (Lipinski definition) is 9. The van der Waals surface area contributed by atoms with Gasteiger partial charge in [0.05, 0.1) is 41.2 Å². The van der Waals surface area contributed by atoms with Crippen molar-refractivity contribution in [2.75, 3.05) is 53.0 Å². The van der Waals surface area contributed by atoms with Crippen LogP contribution in [0.5, 0.6) is 0 Å². The summed E-state index contributed by atoms with van der Waals surface area (Å²) in [5.74, 6) is -0.00617. The molecule has 0 saturated carbocycles. The number of aromatic nitrogens is 2. The van der Waals surface area contributed by atoms with Gasteiger partial charge in [-0.15, -0.1) is 10.8 Å². The van der Waals surface area contributed by atoms with Gasteiger partial charge in [0.2, 0.25) is 0 Å². The van der Waals surface area contributed by atoms with Gasteiger partial charge in [0.15, 0.2) is 0 Å². The minimum atomic E-state index is -2.96. The van der Waals surface area contributed by atoms with E-state index in [-0.39, 0.29) is 12.5 Å². The molecule has 0 unspecified atom stereocenters. The van der Waals surface area contributed by atoms with E-state index in [2.05, 4.69) is 32.9 Å². The van der Waals surface area contributed by atoms with E-state index >= 15 is 0 Å². The standard InChI is InChI=1S/C30H43N7O4S/c1-3-35-13-11-32-29-26(35)16-24(17-27(29)37-12-8-14-42(37,40)41)30(39)34-25(15-22-9-6-5-7-10-22)28(38)20-31-18-23-19-33-36(4-2)21-23/h5-7,9-10,16-17,19,21,25,28,31-32,38,40-41H,3-4,8,11-15,18,20H2,1-2H3,(H,34,39)/t25-,28+/m0/s1. The van der Waals surface area contributed by atoms with Crippen LogP contribution in [0.25, 0.3) is 0 Å². The van der Waals surface area contributed by atoms with Gasteiger partial charge in [-0.2, -0.15) is 5.10 Å². The van der Waals surface area contributed by atoms with Crippen LogP contribution in [0.15, 0.2) is 54.9 Å². The lowest BCUT2D eigenvalue weighted by molar-refractivity contribution is 0.0830. The highest BCUT2D eigenvalue weighted by molar-refractivity contribution is 8.25. The Morgan fingerprint density at radius 2 is 1.88 bits per heavy atom. The molecule has 11 nitrogen and oxygen atoms in total. The van der Waals surface area contributed by atoms with Crippen LogP contribution in [-0.2, 0) is 19.5 Å². The summed E-state index contributed by atoms with van der Waals surface area (Å²) in [7, 11) is -2.96. The minimum Gasteiger partial charge on any atom is -0.390 e. The number of aliphatic hydroxyl groups excluding tert-OH is 1. The third-order valence-corrected chi connectivity index (χ3v) is 9.86. The van der Waals surface area contributed by atoms with Crippen LogP contribution in [0, 0.1) is 0 Å². The zero-order chi connectivity index (χ0) is 29.7. The molecule has 2 aromatic carbocycles. The first-order chi connectivity index (χ1) is 20.3. The second-order valence-corrected chi connectivity index (χ2v) is 13.0. The van der Waals surface area contributed by atoms with Crippen LogP contribution in [-0.4, -0.2) is 80.5 Å². The molecule has 6 N–H and O–H groups in total. The number of benzene rings is 2. The third kappa shape index (κ3) is 6.84. The molecule has 12 heteroatoms. The molecule has 0 bridgehead atoms. The van der Waals surface area contributed by atoms with Gasteiger partial charge < -0.3 is 26.0 Å². The molecule has 1 amide bonds. The summed E-state index contributed by atoms with van der Waals surface area (Å²) in [4.78, 5) is 16.1. The van der Waals surface area contributed by atoms with Crippen molar-refractivity contribution in [2.45, 2.75) is 51.9 Å². The summed E-state index contributed by atoms with van der Waals surface area (Å²) >= 11 is 0. The molecule has 228 valence electrons. The SMILES string of the molecule is CCN1CCNc2c1cc(C(=O)N[C@@H](Cc1ccccc1)[C@H](O)CNCc1cnn(CC)c1)cc2N1CCCS1(O)O. The van der Waals surface area contributed by atoms with E-state index in [9.17, 15) is 19.0 Å². The molecule has 42 heavy (non-hydrogen) atoms. The number of aryl methyl sites for hydroxylation is 1. The van der Waals surface area contributed by atoms with Gasteiger partial charge in [-0.3, -0.25) is 22.9 Å². The summed E-state index contributed by atoms with van der Waals surface area (Å²) in [5.41, 5.74) is 4.75. The Kier molecular flexibility index (Phi) is 9.59. The highest BCUT2D eigenvalue weighted by Crippen LogP contribution is 2.54. The first-order valence-corrected chi connectivity index (χ1v) is 16.4. The Labute approximate surface area is 249 Å². The van der Waals surface area contributed by atoms with E-state index in [0.29, 0.717) is 42.9 Å². The number of nitrogens with one attached hydrogen (secondary N) is 3. The van der Waals surface area contributed by atoms with E-state index in [0.717, 1.165) is 48.7 Å². The molecule has 3 heterocycles. The fourth-order valence-corrected chi connectivity index (χ4v) is 7.27. The van der Waals surface area contributed by atoms with Crippen molar-refractivity contribution in [1.82, 2.24) is 20.4 Å². The van der Waals surface area contributed by atoms with Crippen molar-refractivity contribution in [3.05, 3.63) is 71.5 Å². The van der Waals surface area contributed by atoms with Gasteiger partial charge in [0, 0.05) is 63.1 Å². The van der Waals surface area contributed by atoms with E-state index in [1.54, 1.807) is 10.4 Å². The second kappa shape index (κ2) is 13.3. The van der Waals surface area contributed by atoms with Crippen LogP contribution >= 0.6 is 10.8 Å². The Morgan fingerprint density at radius 1 is 1.10 bits per heavy atom. The molecule has 2 aliphatic heterocycles. The monoisotopic (exact) mass is 597 g/mol. The lowest BCUT2D eigenvalue weighted by Crippen LogP contribution is -2.48. The number of aliphatic hydroxyl groups is 1. The molecule has 3 aromatic rings. The second-order valence-electron chi connectivity index (χ2n) is 10.9. The quantitative estimate of drug-likeness (QED) is 0.185. The average molecular weight is 598 g/mol. The van der Waals surface area contributed by atoms with Gasteiger partial charge in [-0.05, 0) is 44.4 Å².